The van der Waals surface area contributed by atoms with Crippen LogP contribution < -0.4 is 5.32 Å². The van der Waals surface area contributed by atoms with E-state index < -0.39 is 23.7 Å². The molecule has 0 aliphatic carbocycles. The lowest BCUT2D eigenvalue weighted by Gasteiger charge is -2.12. The normalized spacial score (nSPS) is 11.9. The smallest absolute Gasteiger partial charge is 0.327 e. The zero-order chi connectivity index (χ0) is 13.7. The molecule has 2 N–H and O–H groups in total. The summed E-state index contributed by atoms with van der Waals surface area (Å²) in [5.74, 6) is -2.31. The second kappa shape index (κ2) is 6.55. The van der Waals surface area contributed by atoms with E-state index in [1.807, 2.05) is 0 Å². The molecule has 0 radical (unpaired) electrons. The first kappa shape index (κ1) is 14.7. The highest BCUT2D eigenvalue weighted by Gasteiger charge is 2.19. The number of carbonyl (C=O) groups excluding carboxylic acids is 1. The summed E-state index contributed by atoms with van der Waals surface area (Å²) >= 11 is 6.43. The first-order chi connectivity index (χ1) is 8.40. The number of thioether (sulfide) groups is 1. The molecular formula is C10H10ClFN2O3S. The number of carboxylic acids is 1. The lowest BCUT2D eigenvalue weighted by Crippen LogP contribution is -2.41. The number of aliphatic carboxylic acids is 1. The van der Waals surface area contributed by atoms with E-state index in [9.17, 15) is 14.0 Å². The van der Waals surface area contributed by atoms with E-state index in [0.29, 0.717) is 0 Å². The molecule has 18 heavy (non-hydrogen) atoms. The number of nitrogens with one attached hydrogen (secondary N) is 1. The molecule has 0 aromatic carbocycles. The van der Waals surface area contributed by atoms with E-state index >= 15 is 0 Å². The van der Waals surface area contributed by atoms with Gasteiger partial charge in [-0.3, -0.25) is 4.79 Å². The van der Waals surface area contributed by atoms with Crippen molar-refractivity contribution in [2.45, 2.75) is 18.0 Å². The molecule has 0 aliphatic rings. The Morgan fingerprint density at radius 1 is 1.67 bits per heavy atom. The summed E-state index contributed by atoms with van der Waals surface area (Å²) in [6.07, 6.45) is 1.27. The molecule has 0 saturated carbocycles. The van der Waals surface area contributed by atoms with E-state index in [0.717, 1.165) is 17.8 Å². The fraction of sp³-hybridized carbons (Fsp3) is 0.300. The fourth-order valence-electron chi connectivity index (χ4n) is 1.09. The summed E-state index contributed by atoms with van der Waals surface area (Å²) in [4.78, 5) is 25.4. The van der Waals surface area contributed by atoms with Gasteiger partial charge in [0.2, 0.25) is 5.91 Å². The molecule has 1 atom stereocenters. The molecule has 0 saturated heterocycles. The summed E-state index contributed by atoms with van der Waals surface area (Å²) in [6.45, 7) is 1.21. The average Bonchev–Trinajstić information content (AvgIpc) is 2.25. The molecule has 1 aromatic heterocycles. The van der Waals surface area contributed by atoms with Crippen molar-refractivity contribution in [1.82, 2.24) is 10.3 Å². The van der Waals surface area contributed by atoms with Crippen LogP contribution in [0, 0.1) is 5.82 Å². The van der Waals surface area contributed by atoms with Gasteiger partial charge in [-0.05, 0) is 6.07 Å². The second-order valence-corrected chi connectivity index (χ2v) is 4.79. The van der Waals surface area contributed by atoms with Gasteiger partial charge >= 0.3 is 5.97 Å². The van der Waals surface area contributed by atoms with Crippen molar-refractivity contribution in [3.63, 3.8) is 0 Å². The Kier molecular flexibility index (Phi) is 5.36. The van der Waals surface area contributed by atoms with Crippen LogP contribution >= 0.6 is 23.4 Å². The summed E-state index contributed by atoms with van der Waals surface area (Å²) < 4.78 is 13.4. The fourth-order valence-corrected chi connectivity index (χ4v) is 2.11. The number of nitrogens with zero attached hydrogens (tertiary/aromatic N) is 1. The summed E-state index contributed by atoms with van der Waals surface area (Å²) in [5, 5.41) is 11.3. The quantitative estimate of drug-likeness (QED) is 0.805. The molecule has 1 heterocycles. The van der Waals surface area contributed by atoms with E-state index in [2.05, 4.69) is 10.3 Å². The third kappa shape index (κ3) is 4.50. The van der Waals surface area contributed by atoms with Crippen LogP contribution in [0.2, 0.25) is 5.02 Å². The van der Waals surface area contributed by atoms with Gasteiger partial charge in [-0.25, -0.2) is 14.2 Å². The number of carbonyl (C=O) groups is 2. The molecule has 0 bridgehead atoms. The van der Waals surface area contributed by atoms with Crippen LogP contribution in [-0.2, 0) is 9.59 Å². The lowest BCUT2D eigenvalue weighted by atomic mass is 10.3. The van der Waals surface area contributed by atoms with Crippen molar-refractivity contribution in [1.29, 1.82) is 0 Å². The Hall–Kier alpha value is -1.34. The third-order valence-corrected chi connectivity index (χ3v) is 3.12. The minimum atomic E-state index is -1.19. The van der Waals surface area contributed by atoms with Gasteiger partial charge in [0.1, 0.15) is 11.1 Å². The highest BCUT2D eigenvalue weighted by Crippen LogP contribution is 2.22. The summed E-state index contributed by atoms with van der Waals surface area (Å²) in [6, 6.07) is -0.00481. The number of pyridine rings is 1. The van der Waals surface area contributed by atoms with Crippen molar-refractivity contribution in [3.8, 4) is 0 Å². The molecule has 0 unspecified atom stereocenters. The van der Waals surface area contributed by atoms with Crippen molar-refractivity contribution in [3.05, 3.63) is 23.1 Å². The maximum absolute atomic E-state index is 13.4. The lowest BCUT2D eigenvalue weighted by molar-refractivity contribution is -0.140. The van der Waals surface area contributed by atoms with Gasteiger partial charge < -0.3 is 10.4 Å². The maximum atomic E-state index is 13.4. The topological polar surface area (TPSA) is 79.3 Å². The molecule has 1 aromatic rings. The average molecular weight is 293 g/mol. The highest BCUT2D eigenvalue weighted by atomic mass is 35.5. The van der Waals surface area contributed by atoms with Crippen LogP contribution in [0.25, 0.3) is 0 Å². The van der Waals surface area contributed by atoms with Crippen molar-refractivity contribution >= 4 is 35.2 Å². The van der Waals surface area contributed by atoms with Crippen molar-refractivity contribution in [2.75, 3.05) is 5.75 Å². The molecule has 0 fully saturated rings. The van der Waals surface area contributed by atoms with Crippen LogP contribution in [0.1, 0.15) is 6.92 Å². The molecule has 98 valence electrons. The summed E-state index contributed by atoms with van der Waals surface area (Å²) in [7, 11) is 0. The van der Waals surface area contributed by atoms with E-state index in [1.165, 1.54) is 13.1 Å². The minimum Gasteiger partial charge on any atom is -0.480 e. The largest absolute Gasteiger partial charge is 0.480 e. The van der Waals surface area contributed by atoms with Crippen LogP contribution in [0.3, 0.4) is 0 Å². The molecule has 8 heteroatoms. The van der Waals surface area contributed by atoms with Gasteiger partial charge in [0, 0.05) is 18.9 Å². The number of hydrogen-bond donors (Lipinski definition) is 2. The number of hydrogen-bond acceptors (Lipinski definition) is 4. The zero-order valence-electron chi connectivity index (χ0n) is 9.31. The van der Waals surface area contributed by atoms with Crippen LogP contribution in [0.5, 0.6) is 0 Å². The Bertz CT molecular complexity index is 472. The van der Waals surface area contributed by atoms with Crippen molar-refractivity contribution < 1.29 is 19.1 Å². The molecule has 0 aliphatic heterocycles. The molecule has 1 amide bonds. The predicted molar refractivity (Wildman–Crippen MR) is 65.2 cm³/mol. The van der Waals surface area contributed by atoms with Gasteiger partial charge in [-0.2, -0.15) is 0 Å². The molecule has 0 spiro atoms. The Labute approximate surface area is 112 Å². The molecule has 5 nitrogen and oxygen atoms in total. The first-order valence-corrected chi connectivity index (χ1v) is 6.20. The van der Waals surface area contributed by atoms with Gasteiger partial charge in [-0.15, -0.1) is 11.8 Å². The van der Waals surface area contributed by atoms with Gasteiger partial charge in [0.25, 0.3) is 0 Å². The third-order valence-electron chi connectivity index (χ3n) is 1.84. The first-order valence-electron chi connectivity index (χ1n) is 4.84. The minimum absolute atomic E-state index is 0.0273. The van der Waals surface area contributed by atoms with Crippen LogP contribution in [0.4, 0.5) is 4.39 Å². The van der Waals surface area contributed by atoms with Crippen molar-refractivity contribution in [2.24, 2.45) is 0 Å². The molecule has 1 rings (SSSR count). The number of rotatable bonds is 5. The summed E-state index contributed by atoms with van der Waals surface area (Å²) in [5.41, 5.74) is 0. The van der Waals surface area contributed by atoms with Gasteiger partial charge in [0.05, 0.1) is 5.02 Å². The number of amides is 1. The standard InChI is InChI=1S/C10H10ClFN2O3S/c1-5(15)14-8(10(16)17)4-18-9-7(12)2-6(11)3-13-9/h2-3,8H,4H2,1H3,(H,14,15)(H,16,17)/t8-/m0/s1. The Morgan fingerprint density at radius 3 is 2.83 bits per heavy atom. The SMILES string of the molecule is CC(=O)N[C@@H](CSc1ncc(Cl)cc1F)C(=O)O. The maximum Gasteiger partial charge on any atom is 0.327 e. The second-order valence-electron chi connectivity index (χ2n) is 3.34. The Morgan fingerprint density at radius 2 is 2.33 bits per heavy atom. The van der Waals surface area contributed by atoms with Crippen LogP contribution in [0.15, 0.2) is 17.3 Å². The predicted octanol–water partition coefficient (Wildman–Crippen LogP) is 1.56. The van der Waals surface area contributed by atoms with Gasteiger partial charge in [0.15, 0.2) is 5.82 Å². The monoisotopic (exact) mass is 292 g/mol. The number of carboxylic acid groups (broad SMARTS) is 1. The zero-order valence-corrected chi connectivity index (χ0v) is 10.9. The van der Waals surface area contributed by atoms with E-state index in [1.54, 1.807) is 0 Å². The Balaban J connectivity index is 2.66. The number of aromatic nitrogens is 1. The molecular weight excluding hydrogens is 283 g/mol. The number of halogens is 2. The van der Waals surface area contributed by atoms with Crippen LogP contribution in [-0.4, -0.2) is 33.8 Å². The van der Waals surface area contributed by atoms with E-state index in [4.69, 9.17) is 16.7 Å². The van der Waals surface area contributed by atoms with Gasteiger partial charge in [-0.1, -0.05) is 11.6 Å². The highest BCUT2D eigenvalue weighted by molar-refractivity contribution is 7.99. The van der Waals surface area contributed by atoms with E-state index in [-0.39, 0.29) is 15.8 Å².